The lowest BCUT2D eigenvalue weighted by Gasteiger charge is -2.12. The lowest BCUT2D eigenvalue weighted by molar-refractivity contribution is -0.567. The van der Waals surface area contributed by atoms with Gasteiger partial charge in [0, 0.05) is 5.56 Å². The fourth-order valence-electron chi connectivity index (χ4n) is 2.83. The Morgan fingerprint density at radius 1 is 0.909 bits per heavy atom. The Balaban J connectivity index is 1.98. The zero-order valence-electron chi connectivity index (χ0n) is 12.2. The number of aromatic nitrogens is 2. The number of hydrogen-bond acceptors (Lipinski definition) is 2. The van der Waals surface area contributed by atoms with Crippen molar-refractivity contribution in [2.24, 2.45) is 0 Å². The van der Waals surface area contributed by atoms with E-state index in [1.807, 2.05) is 55.5 Å². The van der Waals surface area contributed by atoms with Crippen LogP contribution in [0.1, 0.15) is 5.56 Å². The molecule has 0 fully saturated rings. The van der Waals surface area contributed by atoms with Gasteiger partial charge in [0.05, 0.1) is 5.39 Å². The normalized spacial score (nSPS) is 11.1. The van der Waals surface area contributed by atoms with Crippen LogP contribution >= 0.6 is 0 Å². The van der Waals surface area contributed by atoms with Crippen molar-refractivity contribution < 1.29 is 4.73 Å². The number of aryl methyl sites for hydroxylation is 1. The highest BCUT2D eigenvalue weighted by molar-refractivity contribution is 5.87. The van der Waals surface area contributed by atoms with Gasteiger partial charge in [0.15, 0.2) is 0 Å². The summed E-state index contributed by atoms with van der Waals surface area (Å²) >= 11 is 0. The molecule has 0 radical (unpaired) electrons. The van der Waals surface area contributed by atoms with Gasteiger partial charge in [-0.2, -0.15) is 0 Å². The van der Waals surface area contributed by atoms with Crippen LogP contribution in [0, 0.1) is 12.1 Å². The lowest BCUT2D eigenvalue weighted by atomic mass is 10.0. The molecule has 2 aromatic carbocycles. The number of hydrogen-bond donors (Lipinski definition) is 0. The molecule has 0 aliphatic carbocycles. The van der Waals surface area contributed by atoms with E-state index in [0.717, 1.165) is 26.6 Å². The molecule has 0 unspecified atom stereocenters. The first-order valence-corrected chi connectivity index (χ1v) is 7.21. The molecule has 22 heavy (non-hydrogen) atoms. The summed E-state index contributed by atoms with van der Waals surface area (Å²) in [5.74, 6) is 0. The molecule has 4 aromatic rings. The molecule has 106 valence electrons. The van der Waals surface area contributed by atoms with Crippen LogP contribution in [-0.4, -0.2) is 4.98 Å². The maximum absolute atomic E-state index is 12.7. The highest BCUT2D eigenvalue weighted by Crippen LogP contribution is 2.24. The monoisotopic (exact) mass is 286 g/mol. The van der Waals surface area contributed by atoms with E-state index in [2.05, 4.69) is 17.1 Å². The number of nitrogens with zero attached hydrogens (tertiary/aromatic N) is 2. The van der Waals surface area contributed by atoms with Crippen molar-refractivity contribution in [2.75, 3.05) is 0 Å². The standard InChI is InChI=1S/C19H14N2O/c1-13-10-11-20-19-17(13)8-9-18(21(19)22)16-7-6-14-4-2-3-5-15(14)12-16/h2-12H,1H3. The van der Waals surface area contributed by atoms with Gasteiger partial charge in [-0.15, -0.1) is 0 Å². The zero-order chi connectivity index (χ0) is 15.1. The minimum absolute atomic E-state index is 0.464. The summed E-state index contributed by atoms with van der Waals surface area (Å²) in [6, 6.07) is 19.9. The minimum atomic E-state index is 0.464. The molecule has 0 saturated carbocycles. The molecule has 0 amide bonds. The summed E-state index contributed by atoms with van der Waals surface area (Å²) in [5.41, 5.74) is 3.04. The van der Waals surface area contributed by atoms with Crippen LogP contribution in [-0.2, 0) is 0 Å². The Labute approximate surface area is 128 Å². The minimum Gasteiger partial charge on any atom is -0.710 e. The zero-order valence-corrected chi connectivity index (χ0v) is 12.2. The largest absolute Gasteiger partial charge is 0.710 e. The van der Waals surface area contributed by atoms with Gasteiger partial charge in [0.2, 0.25) is 0 Å². The van der Waals surface area contributed by atoms with Crippen LogP contribution < -0.4 is 4.73 Å². The van der Waals surface area contributed by atoms with E-state index in [4.69, 9.17) is 0 Å². The van der Waals surface area contributed by atoms with Gasteiger partial charge in [-0.25, -0.2) is 4.73 Å². The van der Waals surface area contributed by atoms with Crippen LogP contribution in [0.2, 0.25) is 0 Å². The number of benzene rings is 2. The van der Waals surface area contributed by atoms with Crippen LogP contribution in [0.15, 0.2) is 66.9 Å². The van der Waals surface area contributed by atoms with Crippen LogP contribution in [0.4, 0.5) is 0 Å². The van der Waals surface area contributed by atoms with Crippen LogP contribution in [0.25, 0.3) is 33.1 Å². The molecule has 0 aliphatic heterocycles. The van der Waals surface area contributed by atoms with Crippen LogP contribution in [0.5, 0.6) is 0 Å². The predicted octanol–water partition coefficient (Wildman–Crippen LogP) is 4.00. The Morgan fingerprint density at radius 3 is 2.59 bits per heavy atom. The first kappa shape index (κ1) is 12.8. The average molecular weight is 286 g/mol. The first-order chi connectivity index (χ1) is 10.7. The van der Waals surface area contributed by atoms with E-state index in [0.29, 0.717) is 11.3 Å². The van der Waals surface area contributed by atoms with E-state index >= 15 is 0 Å². The summed E-state index contributed by atoms with van der Waals surface area (Å²) < 4.78 is 0.923. The third-order valence-electron chi connectivity index (χ3n) is 4.05. The van der Waals surface area contributed by atoms with E-state index in [-0.39, 0.29) is 0 Å². The van der Waals surface area contributed by atoms with Crippen molar-refractivity contribution in [3.8, 4) is 11.3 Å². The van der Waals surface area contributed by atoms with Gasteiger partial charge < -0.3 is 5.21 Å². The van der Waals surface area contributed by atoms with Crippen molar-refractivity contribution in [3.05, 3.63) is 77.6 Å². The average Bonchev–Trinajstić information content (AvgIpc) is 2.56. The van der Waals surface area contributed by atoms with Gasteiger partial charge in [-0.05, 0) is 52.5 Å². The Kier molecular flexibility index (Phi) is 2.79. The maximum Gasteiger partial charge on any atom is 0.333 e. The highest BCUT2D eigenvalue weighted by Gasteiger charge is 2.13. The Hall–Kier alpha value is -2.94. The summed E-state index contributed by atoms with van der Waals surface area (Å²) in [6.45, 7) is 1.99. The summed E-state index contributed by atoms with van der Waals surface area (Å²) in [7, 11) is 0. The van der Waals surface area contributed by atoms with Crippen molar-refractivity contribution in [3.63, 3.8) is 0 Å². The quantitative estimate of drug-likeness (QED) is 0.392. The molecule has 0 bridgehead atoms. The number of rotatable bonds is 1. The molecule has 0 saturated heterocycles. The van der Waals surface area contributed by atoms with Crippen molar-refractivity contribution in [1.29, 1.82) is 0 Å². The van der Waals surface area contributed by atoms with E-state index in [1.54, 1.807) is 6.20 Å². The maximum atomic E-state index is 12.7. The smallest absolute Gasteiger partial charge is 0.333 e. The van der Waals surface area contributed by atoms with Gasteiger partial charge in [-0.1, -0.05) is 36.4 Å². The van der Waals surface area contributed by atoms with Gasteiger partial charge in [0.1, 0.15) is 11.9 Å². The molecule has 0 aliphatic rings. The van der Waals surface area contributed by atoms with Gasteiger partial charge >= 0.3 is 5.65 Å². The van der Waals surface area contributed by atoms with E-state index in [9.17, 15) is 5.21 Å². The number of fused-ring (bicyclic) bond motifs is 2. The second-order valence-electron chi connectivity index (χ2n) is 5.44. The molecule has 2 heterocycles. The summed E-state index contributed by atoms with van der Waals surface area (Å²) in [4.78, 5) is 4.24. The third-order valence-corrected chi connectivity index (χ3v) is 4.05. The van der Waals surface area contributed by atoms with Gasteiger partial charge in [-0.3, -0.25) is 0 Å². The molecule has 0 atom stereocenters. The SMILES string of the molecule is Cc1ccnc2c1ccc(-c1ccc3ccccc3c1)[n+]2[O-]. The van der Waals surface area contributed by atoms with Crippen molar-refractivity contribution >= 4 is 21.8 Å². The second kappa shape index (κ2) is 4.81. The predicted molar refractivity (Wildman–Crippen MR) is 88.4 cm³/mol. The highest BCUT2D eigenvalue weighted by atomic mass is 16.5. The first-order valence-electron chi connectivity index (χ1n) is 7.21. The molecule has 3 heteroatoms. The van der Waals surface area contributed by atoms with E-state index < -0.39 is 0 Å². The second-order valence-corrected chi connectivity index (χ2v) is 5.44. The topological polar surface area (TPSA) is 39.8 Å². The van der Waals surface area contributed by atoms with Crippen molar-refractivity contribution in [1.82, 2.24) is 4.98 Å². The molecular weight excluding hydrogens is 272 g/mol. The van der Waals surface area contributed by atoms with Crippen molar-refractivity contribution in [2.45, 2.75) is 6.92 Å². The third kappa shape index (κ3) is 1.91. The lowest BCUT2D eigenvalue weighted by Crippen LogP contribution is -2.31. The molecule has 2 aromatic heterocycles. The van der Waals surface area contributed by atoms with Crippen LogP contribution in [0.3, 0.4) is 0 Å². The molecular formula is C19H14N2O. The Bertz CT molecular complexity index is 1010. The number of pyridine rings is 2. The summed E-state index contributed by atoms with van der Waals surface area (Å²) in [6.07, 6.45) is 1.68. The van der Waals surface area contributed by atoms with Gasteiger partial charge in [0.25, 0.3) is 0 Å². The molecule has 4 rings (SSSR count). The molecule has 0 spiro atoms. The molecule has 3 nitrogen and oxygen atoms in total. The van der Waals surface area contributed by atoms with E-state index in [1.165, 1.54) is 5.39 Å². The Morgan fingerprint density at radius 2 is 1.73 bits per heavy atom. The fourth-order valence-corrected chi connectivity index (χ4v) is 2.83. The fraction of sp³-hybridized carbons (Fsp3) is 0.0526. The summed E-state index contributed by atoms with van der Waals surface area (Å²) in [5, 5.41) is 15.8. The molecule has 0 N–H and O–H groups in total.